The Labute approximate surface area is 120 Å². The lowest BCUT2D eigenvalue weighted by Crippen LogP contribution is -2.11. The summed E-state index contributed by atoms with van der Waals surface area (Å²) < 4.78 is 19.3. The third-order valence-corrected chi connectivity index (χ3v) is 3.36. The maximum Gasteiger partial charge on any atom is 0.219 e. The number of ether oxygens (including phenoxy) is 1. The van der Waals surface area contributed by atoms with Gasteiger partial charge in [-0.1, -0.05) is 26.8 Å². The van der Waals surface area contributed by atoms with E-state index in [1.165, 1.54) is 6.07 Å². The van der Waals surface area contributed by atoms with Gasteiger partial charge in [0.2, 0.25) is 5.88 Å². The molecule has 0 saturated carbocycles. The Balaban J connectivity index is 2.17. The molecule has 100 valence electrons. The average molecular weight is 324 g/mol. The molecule has 0 radical (unpaired) electrons. The van der Waals surface area contributed by atoms with Gasteiger partial charge in [-0.05, 0) is 39.0 Å². The van der Waals surface area contributed by atoms with Gasteiger partial charge >= 0.3 is 0 Å². The van der Waals surface area contributed by atoms with Crippen LogP contribution in [0, 0.1) is 5.82 Å². The minimum Gasteiger partial charge on any atom is -0.439 e. The van der Waals surface area contributed by atoms with Crippen molar-refractivity contribution in [3.05, 3.63) is 52.4 Å². The first-order valence-corrected chi connectivity index (χ1v) is 6.75. The average Bonchev–Trinajstić information content (AvgIpc) is 2.33. The molecule has 0 atom stereocenters. The smallest absolute Gasteiger partial charge is 0.219 e. The highest BCUT2D eigenvalue weighted by molar-refractivity contribution is 9.10. The van der Waals surface area contributed by atoms with Crippen LogP contribution in [0.5, 0.6) is 11.6 Å². The number of hydrogen-bond acceptors (Lipinski definition) is 2. The number of hydrogen-bond donors (Lipinski definition) is 0. The molecule has 2 rings (SSSR count). The Bertz CT molecular complexity index is 576. The van der Waals surface area contributed by atoms with Crippen LogP contribution in [0.4, 0.5) is 4.39 Å². The topological polar surface area (TPSA) is 22.1 Å². The summed E-state index contributed by atoms with van der Waals surface area (Å²) in [5.41, 5.74) is 1.18. The van der Waals surface area contributed by atoms with Crippen molar-refractivity contribution >= 4 is 15.9 Å². The molecule has 2 aromatic rings. The minimum atomic E-state index is -0.358. The molecule has 0 spiro atoms. The highest BCUT2D eigenvalue weighted by Gasteiger charge is 2.14. The largest absolute Gasteiger partial charge is 0.439 e. The van der Waals surface area contributed by atoms with Crippen LogP contribution in [0.1, 0.15) is 26.3 Å². The van der Waals surface area contributed by atoms with Gasteiger partial charge in [-0.3, -0.25) is 0 Å². The van der Waals surface area contributed by atoms with Crippen LogP contribution in [0.2, 0.25) is 0 Å². The summed E-state index contributed by atoms with van der Waals surface area (Å²) in [7, 11) is 0. The summed E-state index contributed by atoms with van der Waals surface area (Å²) in [6, 6.07) is 8.38. The van der Waals surface area contributed by atoms with Crippen molar-refractivity contribution < 1.29 is 9.13 Å². The van der Waals surface area contributed by atoms with E-state index in [4.69, 9.17) is 4.74 Å². The van der Waals surface area contributed by atoms with E-state index in [2.05, 4.69) is 41.7 Å². The molecule has 1 aromatic carbocycles. The third-order valence-electron chi connectivity index (χ3n) is 2.72. The second kappa shape index (κ2) is 5.29. The quantitative estimate of drug-likeness (QED) is 0.769. The predicted molar refractivity (Wildman–Crippen MR) is 77.1 cm³/mol. The zero-order chi connectivity index (χ0) is 14.0. The van der Waals surface area contributed by atoms with Crippen molar-refractivity contribution in [2.45, 2.75) is 26.2 Å². The van der Waals surface area contributed by atoms with E-state index < -0.39 is 0 Å². The second-order valence-corrected chi connectivity index (χ2v) is 6.17. The SMILES string of the molecule is CC(C)(C)c1ccc(Oc2ccc(Br)c(F)c2)nc1. The van der Waals surface area contributed by atoms with Crippen LogP contribution in [0.25, 0.3) is 0 Å². The summed E-state index contributed by atoms with van der Waals surface area (Å²) in [6.07, 6.45) is 1.78. The monoisotopic (exact) mass is 323 g/mol. The maximum absolute atomic E-state index is 13.4. The van der Waals surface area contributed by atoms with Crippen molar-refractivity contribution in [2.24, 2.45) is 0 Å². The molecule has 0 aliphatic heterocycles. The number of aromatic nitrogens is 1. The normalized spacial score (nSPS) is 11.4. The number of rotatable bonds is 2. The van der Waals surface area contributed by atoms with Crippen molar-refractivity contribution in [1.29, 1.82) is 0 Å². The molecule has 4 heteroatoms. The molecule has 0 N–H and O–H groups in total. The first kappa shape index (κ1) is 14.0. The summed E-state index contributed by atoms with van der Waals surface area (Å²) in [6.45, 7) is 6.36. The number of benzene rings is 1. The van der Waals surface area contributed by atoms with Crippen molar-refractivity contribution in [1.82, 2.24) is 4.98 Å². The number of halogens is 2. The van der Waals surface area contributed by atoms with E-state index in [-0.39, 0.29) is 11.2 Å². The van der Waals surface area contributed by atoms with Crippen LogP contribution >= 0.6 is 15.9 Å². The summed E-state index contributed by atoms with van der Waals surface area (Å²) in [4.78, 5) is 4.24. The number of pyridine rings is 1. The van der Waals surface area contributed by atoms with Gasteiger partial charge < -0.3 is 4.74 Å². The van der Waals surface area contributed by atoms with Crippen molar-refractivity contribution in [2.75, 3.05) is 0 Å². The minimum absolute atomic E-state index is 0.0508. The fraction of sp³-hybridized carbons (Fsp3) is 0.267. The van der Waals surface area contributed by atoms with Gasteiger partial charge in [0, 0.05) is 18.3 Å². The van der Waals surface area contributed by atoms with Gasteiger partial charge in [-0.25, -0.2) is 9.37 Å². The van der Waals surface area contributed by atoms with Crippen LogP contribution < -0.4 is 4.74 Å². The maximum atomic E-state index is 13.4. The molecule has 0 saturated heterocycles. The molecule has 0 aliphatic carbocycles. The molecule has 1 aromatic heterocycles. The van der Waals surface area contributed by atoms with Gasteiger partial charge in [0.15, 0.2) is 0 Å². The molecular weight excluding hydrogens is 309 g/mol. The molecule has 1 heterocycles. The lowest BCUT2D eigenvalue weighted by molar-refractivity contribution is 0.455. The highest BCUT2D eigenvalue weighted by Crippen LogP contribution is 2.26. The van der Waals surface area contributed by atoms with Crippen LogP contribution in [0.15, 0.2) is 41.0 Å². The predicted octanol–water partition coefficient (Wildman–Crippen LogP) is 5.07. The van der Waals surface area contributed by atoms with Gasteiger partial charge in [0.1, 0.15) is 11.6 Å². The molecule has 0 fully saturated rings. The summed E-state index contributed by atoms with van der Waals surface area (Å²) in [5, 5.41) is 0. The zero-order valence-corrected chi connectivity index (χ0v) is 12.7. The Morgan fingerprint density at radius 1 is 1.16 bits per heavy atom. The van der Waals surface area contributed by atoms with Crippen LogP contribution in [0.3, 0.4) is 0 Å². The lowest BCUT2D eigenvalue weighted by Gasteiger charge is -2.18. The molecule has 2 nitrogen and oxygen atoms in total. The van der Waals surface area contributed by atoms with Crippen molar-refractivity contribution in [3.8, 4) is 11.6 Å². The van der Waals surface area contributed by atoms with E-state index in [9.17, 15) is 4.39 Å². The third kappa shape index (κ3) is 3.53. The van der Waals surface area contributed by atoms with Gasteiger partial charge in [-0.15, -0.1) is 0 Å². The Kier molecular flexibility index (Phi) is 3.90. The molecular formula is C15H15BrFNO. The standard InChI is InChI=1S/C15H15BrFNO/c1-15(2,3)10-4-7-14(18-9-10)19-11-5-6-12(16)13(17)8-11/h4-9H,1-3H3. The Morgan fingerprint density at radius 3 is 2.42 bits per heavy atom. The fourth-order valence-corrected chi connectivity index (χ4v) is 1.79. The lowest BCUT2D eigenvalue weighted by atomic mass is 9.88. The van der Waals surface area contributed by atoms with Gasteiger partial charge in [0.05, 0.1) is 4.47 Å². The van der Waals surface area contributed by atoms with E-state index in [1.807, 2.05) is 6.07 Å². The molecule has 0 bridgehead atoms. The van der Waals surface area contributed by atoms with Crippen molar-refractivity contribution in [3.63, 3.8) is 0 Å². The van der Waals surface area contributed by atoms with Crippen LogP contribution in [-0.4, -0.2) is 4.98 Å². The van der Waals surface area contributed by atoms with E-state index in [0.717, 1.165) is 5.56 Å². The Hall–Kier alpha value is -1.42. The van der Waals surface area contributed by atoms with E-state index in [0.29, 0.717) is 16.1 Å². The molecule has 0 aliphatic rings. The van der Waals surface area contributed by atoms with Gasteiger partial charge in [-0.2, -0.15) is 0 Å². The zero-order valence-electron chi connectivity index (χ0n) is 11.1. The fourth-order valence-electron chi connectivity index (χ4n) is 1.55. The molecule has 0 unspecified atom stereocenters. The first-order chi connectivity index (χ1) is 8.86. The molecule has 0 amide bonds. The van der Waals surface area contributed by atoms with E-state index in [1.54, 1.807) is 24.4 Å². The van der Waals surface area contributed by atoms with Gasteiger partial charge in [0.25, 0.3) is 0 Å². The highest BCUT2D eigenvalue weighted by atomic mass is 79.9. The first-order valence-electron chi connectivity index (χ1n) is 5.96. The number of nitrogens with zero attached hydrogens (tertiary/aromatic N) is 1. The second-order valence-electron chi connectivity index (χ2n) is 5.31. The van der Waals surface area contributed by atoms with E-state index >= 15 is 0 Å². The summed E-state index contributed by atoms with van der Waals surface area (Å²) >= 11 is 3.10. The summed E-state index contributed by atoms with van der Waals surface area (Å²) in [5.74, 6) is 0.523. The van der Waals surface area contributed by atoms with Crippen LogP contribution in [-0.2, 0) is 5.41 Å². The Morgan fingerprint density at radius 2 is 1.89 bits per heavy atom. The molecule has 19 heavy (non-hydrogen) atoms.